The summed E-state index contributed by atoms with van der Waals surface area (Å²) < 4.78 is 5.49. The number of hydrogen-bond donors (Lipinski definition) is 2. The normalized spacial score (nSPS) is 12.1. The molecule has 0 bridgehead atoms. The van der Waals surface area contributed by atoms with Crippen LogP contribution in [0.25, 0.3) is 0 Å². The van der Waals surface area contributed by atoms with Gasteiger partial charge in [0, 0.05) is 17.6 Å². The molecule has 2 N–H and O–H groups in total. The highest BCUT2D eigenvalue weighted by molar-refractivity contribution is 6.31. The van der Waals surface area contributed by atoms with Crippen molar-refractivity contribution in [2.45, 2.75) is 32.9 Å². The zero-order valence-electron chi connectivity index (χ0n) is 10.9. The van der Waals surface area contributed by atoms with E-state index < -0.39 is 6.10 Å². The fourth-order valence-electron chi connectivity index (χ4n) is 1.33. The summed E-state index contributed by atoms with van der Waals surface area (Å²) in [5, 5.41) is 13.5. The van der Waals surface area contributed by atoms with Crippen LogP contribution in [0.2, 0.25) is 5.02 Å². The molecular formula is C13H21Cl2NO2. The monoisotopic (exact) mass is 293 g/mol. The number of ether oxygens (including phenoxy) is 1. The van der Waals surface area contributed by atoms with Crippen molar-refractivity contribution in [3.05, 3.63) is 28.8 Å². The summed E-state index contributed by atoms with van der Waals surface area (Å²) in [5.41, 5.74) is 0.971. The zero-order chi connectivity index (χ0) is 12.8. The molecule has 3 nitrogen and oxygen atoms in total. The molecule has 1 rings (SSSR count). The topological polar surface area (TPSA) is 41.5 Å². The van der Waals surface area contributed by atoms with Gasteiger partial charge in [0.05, 0.1) is 0 Å². The predicted octanol–water partition coefficient (Wildman–Crippen LogP) is 2.81. The van der Waals surface area contributed by atoms with Gasteiger partial charge in [-0.1, -0.05) is 25.4 Å². The van der Waals surface area contributed by atoms with E-state index in [1.807, 2.05) is 26.8 Å². The molecule has 1 aromatic rings. The summed E-state index contributed by atoms with van der Waals surface area (Å²) in [5.74, 6) is 0.732. The molecule has 0 aliphatic heterocycles. The lowest BCUT2D eigenvalue weighted by molar-refractivity contribution is 0.104. The molecule has 1 aromatic carbocycles. The Kier molecular flexibility index (Phi) is 8.36. The van der Waals surface area contributed by atoms with Crippen molar-refractivity contribution in [1.29, 1.82) is 0 Å². The first-order valence-corrected chi connectivity index (χ1v) is 6.17. The molecule has 0 saturated carbocycles. The zero-order valence-corrected chi connectivity index (χ0v) is 12.5. The van der Waals surface area contributed by atoms with Crippen molar-refractivity contribution >= 4 is 24.0 Å². The van der Waals surface area contributed by atoms with Crippen molar-refractivity contribution in [1.82, 2.24) is 5.32 Å². The molecule has 0 heterocycles. The van der Waals surface area contributed by atoms with Crippen molar-refractivity contribution in [2.75, 3.05) is 13.2 Å². The molecule has 0 amide bonds. The molecular weight excluding hydrogens is 273 g/mol. The van der Waals surface area contributed by atoms with E-state index in [-0.39, 0.29) is 19.0 Å². The Morgan fingerprint density at radius 2 is 2.06 bits per heavy atom. The molecule has 1 unspecified atom stereocenters. The molecule has 104 valence electrons. The van der Waals surface area contributed by atoms with E-state index in [0.717, 1.165) is 16.3 Å². The second-order valence-corrected chi connectivity index (χ2v) is 4.85. The summed E-state index contributed by atoms with van der Waals surface area (Å²) in [6.07, 6.45) is -0.506. The van der Waals surface area contributed by atoms with E-state index in [1.54, 1.807) is 12.1 Å². The third-order valence-electron chi connectivity index (χ3n) is 2.33. The SMILES string of the molecule is Cc1cc(OCC(O)CNC(C)C)ccc1Cl.Cl. The van der Waals surface area contributed by atoms with Crippen LogP contribution >= 0.6 is 24.0 Å². The number of hydrogen-bond acceptors (Lipinski definition) is 3. The number of aryl methyl sites for hydroxylation is 1. The molecule has 0 saturated heterocycles. The Morgan fingerprint density at radius 3 is 2.61 bits per heavy atom. The lowest BCUT2D eigenvalue weighted by Crippen LogP contribution is -2.35. The molecule has 0 fully saturated rings. The lowest BCUT2D eigenvalue weighted by Gasteiger charge is -2.15. The van der Waals surface area contributed by atoms with Crippen LogP contribution in [0.3, 0.4) is 0 Å². The fourth-order valence-corrected chi connectivity index (χ4v) is 1.45. The van der Waals surface area contributed by atoms with Crippen LogP contribution in [0.15, 0.2) is 18.2 Å². The van der Waals surface area contributed by atoms with E-state index in [4.69, 9.17) is 16.3 Å². The van der Waals surface area contributed by atoms with Gasteiger partial charge in [-0.05, 0) is 30.7 Å². The Bertz CT molecular complexity index is 359. The van der Waals surface area contributed by atoms with Gasteiger partial charge in [-0.2, -0.15) is 0 Å². The number of aliphatic hydroxyl groups is 1. The molecule has 0 spiro atoms. The van der Waals surface area contributed by atoms with E-state index in [1.165, 1.54) is 0 Å². The third kappa shape index (κ3) is 6.45. The van der Waals surface area contributed by atoms with E-state index in [2.05, 4.69) is 5.32 Å². The van der Waals surface area contributed by atoms with Gasteiger partial charge < -0.3 is 15.2 Å². The van der Waals surface area contributed by atoms with Crippen LogP contribution in [0.5, 0.6) is 5.75 Å². The maximum absolute atomic E-state index is 9.67. The first-order valence-electron chi connectivity index (χ1n) is 5.79. The predicted molar refractivity (Wildman–Crippen MR) is 78.1 cm³/mol. The third-order valence-corrected chi connectivity index (χ3v) is 2.76. The maximum atomic E-state index is 9.67. The van der Waals surface area contributed by atoms with Gasteiger partial charge in [0.1, 0.15) is 18.5 Å². The molecule has 0 aliphatic carbocycles. The van der Waals surface area contributed by atoms with Crippen LogP contribution in [0.1, 0.15) is 19.4 Å². The lowest BCUT2D eigenvalue weighted by atomic mass is 10.2. The highest BCUT2D eigenvalue weighted by Gasteiger charge is 2.06. The Morgan fingerprint density at radius 1 is 1.39 bits per heavy atom. The minimum absolute atomic E-state index is 0. The average molecular weight is 294 g/mol. The molecule has 0 aromatic heterocycles. The number of benzene rings is 1. The first-order chi connectivity index (χ1) is 7.99. The van der Waals surface area contributed by atoms with Crippen molar-refractivity contribution in [3.8, 4) is 5.75 Å². The summed E-state index contributed by atoms with van der Waals surface area (Å²) >= 11 is 5.91. The van der Waals surface area contributed by atoms with Gasteiger partial charge in [0.2, 0.25) is 0 Å². The van der Waals surface area contributed by atoms with Gasteiger partial charge in [-0.3, -0.25) is 0 Å². The summed E-state index contributed by atoms with van der Waals surface area (Å²) in [6.45, 7) is 6.81. The molecule has 0 aliphatic rings. The van der Waals surface area contributed by atoms with Crippen LogP contribution in [-0.4, -0.2) is 30.4 Å². The van der Waals surface area contributed by atoms with E-state index >= 15 is 0 Å². The van der Waals surface area contributed by atoms with Gasteiger partial charge in [-0.15, -0.1) is 12.4 Å². The quantitative estimate of drug-likeness (QED) is 0.847. The molecule has 5 heteroatoms. The van der Waals surface area contributed by atoms with Gasteiger partial charge in [-0.25, -0.2) is 0 Å². The van der Waals surface area contributed by atoms with Gasteiger partial charge >= 0.3 is 0 Å². The number of nitrogens with one attached hydrogen (secondary N) is 1. The number of halogens is 2. The van der Waals surface area contributed by atoms with Gasteiger partial charge in [0.15, 0.2) is 0 Å². The van der Waals surface area contributed by atoms with E-state index in [0.29, 0.717) is 12.6 Å². The standard InChI is InChI=1S/C13H20ClNO2.ClH/c1-9(2)15-7-11(16)8-17-12-4-5-13(14)10(3)6-12;/h4-6,9,11,15-16H,7-8H2,1-3H3;1H. The van der Waals surface area contributed by atoms with Crippen LogP contribution in [0, 0.1) is 6.92 Å². The minimum Gasteiger partial charge on any atom is -0.491 e. The average Bonchev–Trinajstić information content (AvgIpc) is 2.28. The smallest absolute Gasteiger partial charge is 0.119 e. The highest BCUT2D eigenvalue weighted by atomic mass is 35.5. The van der Waals surface area contributed by atoms with Crippen molar-refractivity contribution in [3.63, 3.8) is 0 Å². The van der Waals surface area contributed by atoms with Gasteiger partial charge in [0.25, 0.3) is 0 Å². The molecule has 0 radical (unpaired) electrons. The van der Waals surface area contributed by atoms with Crippen molar-refractivity contribution in [2.24, 2.45) is 0 Å². The van der Waals surface area contributed by atoms with Crippen LogP contribution in [-0.2, 0) is 0 Å². The first kappa shape index (κ1) is 17.5. The van der Waals surface area contributed by atoms with Crippen LogP contribution < -0.4 is 10.1 Å². The summed E-state index contributed by atoms with van der Waals surface area (Å²) in [4.78, 5) is 0. The largest absolute Gasteiger partial charge is 0.491 e. The van der Waals surface area contributed by atoms with Crippen molar-refractivity contribution < 1.29 is 9.84 Å². The Hall–Kier alpha value is -0.480. The fraction of sp³-hybridized carbons (Fsp3) is 0.538. The number of rotatable bonds is 6. The van der Waals surface area contributed by atoms with E-state index in [9.17, 15) is 5.11 Å². The van der Waals surface area contributed by atoms with Crippen LogP contribution in [0.4, 0.5) is 0 Å². The summed E-state index contributed by atoms with van der Waals surface area (Å²) in [6, 6.07) is 5.83. The second kappa shape index (κ2) is 8.59. The Balaban J connectivity index is 0.00000289. The maximum Gasteiger partial charge on any atom is 0.119 e. The summed E-state index contributed by atoms with van der Waals surface area (Å²) in [7, 11) is 0. The molecule has 1 atom stereocenters. The Labute approximate surface area is 120 Å². The minimum atomic E-state index is -0.506. The molecule has 18 heavy (non-hydrogen) atoms. The number of aliphatic hydroxyl groups excluding tert-OH is 1. The second-order valence-electron chi connectivity index (χ2n) is 4.44. The highest BCUT2D eigenvalue weighted by Crippen LogP contribution is 2.20.